The fraction of sp³-hybridized carbons (Fsp3) is 0.0909. The number of hydrogen-bond acceptors (Lipinski definition) is 7. The molecule has 3 aromatic rings. The van der Waals surface area contributed by atoms with Gasteiger partial charge in [0.2, 0.25) is 5.88 Å². The lowest BCUT2D eigenvalue weighted by atomic mass is 10.0. The van der Waals surface area contributed by atoms with Crippen LogP contribution in [0.3, 0.4) is 0 Å². The number of hydrogen-bond donors (Lipinski definition) is 2. The molecule has 0 fully saturated rings. The molecule has 1 aromatic heterocycles. The summed E-state index contributed by atoms with van der Waals surface area (Å²) < 4.78 is 10.9. The average molecular weight is 419 g/mol. The number of nitrogens with zero attached hydrogens (tertiary/aromatic N) is 2. The SMILES string of the molecule is COC(=O)C1=Nc2ccccc2C1=Cc1c(O)n(-c2ccc(OC)cc2)c(=O)[nH]c1=O. The number of methoxy groups -OCH3 is 2. The van der Waals surface area contributed by atoms with E-state index in [0.29, 0.717) is 28.3 Å². The van der Waals surface area contributed by atoms with Gasteiger partial charge in [-0.1, -0.05) is 18.2 Å². The molecule has 2 heterocycles. The number of nitrogens with one attached hydrogen (secondary N) is 1. The molecule has 1 aliphatic rings. The van der Waals surface area contributed by atoms with Crippen molar-refractivity contribution < 1.29 is 19.4 Å². The van der Waals surface area contributed by atoms with Crippen LogP contribution < -0.4 is 16.0 Å². The van der Waals surface area contributed by atoms with Crippen molar-refractivity contribution in [3.8, 4) is 17.3 Å². The van der Waals surface area contributed by atoms with Crippen molar-refractivity contribution in [1.82, 2.24) is 9.55 Å². The highest BCUT2D eigenvalue weighted by atomic mass is 16.5. The van der Waals surface area contributed by atoms with Gasteiger partial charge >= 0.3 is 11.7 Å². The number of fused-ring (bicyclic) bond motifs is 1. The molecule has 0 spiro atoms. The third-order valence-corrected chi connectivity index (χ3v) is 4.80. The number of benzene rings is 2. The van der Waals surface area contributed by atoms with Gasteiger partial charge in [-0.15, -0.1) is 0 Å². The zero-order valence-electron chi connectivity index (χ0n) is 16.6. The molecule has 0 aliphatic carbocycles. The molecule has 0 bridgehead atoms. The summed E-state index contributed by atoms with van der Waals surface area (Å²) in [5.41, 5.74) is -0.131. The Morgan fingerprint density at radius 1 is 1.10 bits per heavy atom. The number of aromatic nitrogens is 2. The summed E-state index contributed by atoms with van der Waals surface area (Å²) in [6, 6.07) is 13.3. The Hall–Kier alpha value is -4.40. The second-order valence-electron chi connectivity index (χ2n) is 6.56. The van der Waals surface area contributed by atoms with Gasteiger partial charge in [-0.3, -0.25) is 9.78 Å². The van der Waals surface area contributed by atoms with Crippen molar-refractivity contribution in [3.05, 3.63) is 80.5 Å². The average Bonchev–Trinajstić information content (AvgIpc) is 3.15. The summed E-state index contributed by atoms with van der Waals surface area (Å²) in [5.74, 6) is -0.716. The molecule has 0 atom stereocenters. The Morgan fingerprint density at radius 3 is 2.48 bits per heavy atom. The van der Waals surface area contributed by atoms with Crippen molar-refractivity contribution in [2.75, 3.05) is 14.2 Å². The number of aromatic amines is 1. The number of para-hydroxylation sites is 1. The van der Waals surface area contributed by atoms with Crippen molar-refractivity contribution in [2.24, 2.45) is 4.99 Å². The Kier molecular flexibility index (Phi) is 5.00. The molecule has 31 heavy (non-hydrogen) atoms. The van der Waals surface area contributed by atoms with Crippen LogP contribution in [0.15, 0.2) is 63.1 Å². The van der Waals surface area contributed by atoms with E-state index in [9.17, 15) is 19.5 Å². The zero-order valence-corrected chi connectivity index (χ0v) is 16.6. The maximum absolute atomic E-state index is 12.5. The largest absolute Gasteiger partial charge is 0.497 e. The van der Waals surface area contributed by atoms with Crippen LogP contribution in [0.2, 0.25) is 0 Å². The molecule has 2 N–H and O–H groups in total. The Bertz CT molecular complexity index is 1360. The van der Waals surface area contributed by atoms with Crippen LogP contribution in [0, 0.1) is 0 Å². The maximum atomic E-state index is 12.5. The first-order valence-electron chi connectivity index (χ1n) is 9.15. The van der Waals surface area contributed by atoms with Gasteiger partial charge in [0, 0.05) is 11.1 Å². The summed E-state index contributed by atoms with van der Waals surface area (Å²) in [4.78, 5) is 43.7. The zero-order chi connectivity index (χ0) is 22.1. The molecule has 0 amide bonds. The summed E-state index contributed by atoms with van der Waals surface area (Å²) in [7, 11) is 2.72. The summed E-state index contributed by atoms with van der Waals surface area (Å²) in [5, 5.41) is 10.8. The monoisotopic (exact) mass is 419 g/mol. The molecular formula is C22H17N3O6. The molecule has 0 saturated carbocycles. The number of rotatable bonds is 4. The first-order chi connectivity index (χ1) is 14.9. The van der Waals surface area contributed by atoms with Crippen molar-refractivity contribution >= 4 is 29.0 Å². The van der Waals surface area contributed by atoms with Gasteiger partial charge in [0.25, 0.3) is 5.56 Å². The number of aliphatic imine (C=N–C) groups is 1. The first-order valence-corrected chi connectivity index (χ1v) is 9.15. The van der Waals surface area contributed by atoms with Gasteiger partial charge in [0.1, 0.15) is 11.3 Å². The molecule has 2 aromatic carbocycles. The highest BCUT2D eigenvalue weighted by Crippen LogP contribution is 2.36. The fourth-order valence-corrected chi connectivity index (χ4v) is 3.29. The van der Waals surface area contributed by atoms with Gasteiger partial charge in [-0.05, 0) is 36.4 Å². The molecule has 9 nitrogen and oxygen atoms in total. The lowest BCUT2D eigenvalue weighted by molar-refractivity contribution is -0.132. The van der Waals surface area contributed by atoms with Gasteiger partial charge < -0.3 is 14.6 Å². The predicted octanol–water partition coefficient (Wildman–Crippen LogP) is 2.04. The Balaban J connectivity index is 1.93. The number of H-pyrrole nitrogens is 1. The maximum Gasteiger partial charge on any atom is 0.357 e. The predicted molar refractivity (Wildman–Crippen MR) is 114 cm³/mol. The minimum atomic E-state index is -0.816. The normalized spacial score (nSPS) is 13.6. The van der Waals surface area contributed by atoms with E-state index in [1.54, 1.807) is 48.5 Å². The minimum absolute atomic E-state index is 0.00954. The molecule has 1 aliphatic heterocycles. The third kappa shape index (κ3) is 3.42. The number of carbonyl (C=O) groups is 1. The minimum Gasteiger partial charge on any atom is -0.497 e. The fourth-order valence-electron chi connectivity index (χ4n) is 3.29. The van der Waals surface area contributed by atoms with Crippen LogP contribution in [0.25, 0.3) is 17.3 Å². The molecule has 0 unspecified atom stereocenters. The van der Waals surface area contributed by atoms with Gasteiger partial charge in [-0.2, -0.15) is 0 Å². The molecule has 156 valence electrons. The number of aromatic hydroxyl groups is 1. The Labute approximate surface area is 175 Å². The molecule has 0 saturated heterocycles. The van der Waals surface area contributed by atoms with Crippen LogP contribution in [0.1, 0.15) is 11.1 Å². The number of carbonyl (C=O) groups excluding carboxylic acids is 1. The van der Waals surface area contributed by atoms with E-state index in [1.165, 1.54) is 20.3 Å². The molecule has 0 radical (unpaired) electrons. The standard InChI is InChI=1S/C22H17N3O6/c1-30-13-9-7-12(8-10-13)25-20(27)16(19(26)24-22(25)29)11-15-14-5-3-4-6-17(14)23-18(15)21(28)31-2/h3-11,27H,1-2H3,(H,24,26,29). The topological polar surface area (TPSA) is 123 Å². The summed E-state index contributed by atoms with van der Waals surface area (Å²) in [6.07, 6.45) is 1.31. The van der Waals surface area contributed by atoms with Crippen LogP contribution in [-0.4, -0.2) is 40.6 Å². The smallest absolute Gasteiger partial charge is 0.357 e. The van der Waals surface area contributed by atoms with E-state index in [0.717, 1.165) is 4.57 Å². The molecular weight excluding hydrogens is 402 g/mol. The lowest BCUT2D eigenvalue weighted by Gasteiger charge is -2.11. The van der Waals surface area contributed by atoms with Gasteiger partial charge in [0.15, 0.2) is 5.71 Å². The summed E-state index contributed by atoms with van der Waals surface area (Å²) >= 11 is 0. The van der Waals surface area contributed by atoms with Crippen molar-refractivity contribution in [3.63, 3.8) is 0 Å². The van der Waals surface area contributed by atoms with E-state index in [-0.39, 0.29) is 11.3 Å². The van der Waals surface area contributed by atoms with Crippen LogP contribution in [0.5, 0.6) is 11.6 Å². The van der Waals surface area contributed by atoms with Crippen molar-refractivity contribution in [2.45, 2.75) is 0 Å². The van der Waals surface area contributed by atoms with E-state index in [2.05, 4.69) is 9.98 Å². The lowest BCUT2D eigenvalue weighted by Crippen LogP contribution is -2.30. The van der Waals surface area contributed by atoms with Crippen LogP contribution in [0.4, 0.5) is 5.69 Å². The van der Waals surface area contributed by atoms with Gasteiger partial charge in [-0.25, -0.2) is 19.1 Å². The summed E-state index contributed by atoms with van der Waals surface area (Å²) in [6.45, 7) is 0. The van der Waals surface area contributed by atoms with Crippen LogP contribution in [-0.2, 0) is 9.53 Å². The third-order valence-electron chi connectivity index (χ3n) is 4.80. The van der Waals surface area contributed by atoms with Crippen molar-refractivity contribution in [1.29, 1.82) is 0 Å². The molecule has 9 heteroatoms. The first kappa shape index (κ1) is 19.9. The second-order valence-corrected chi connectivity index (χ2v) is 6.56. The van der Waals surface area contributed by atoms with E-state index >= 15 is 0 Å². The van der Waals surface area contributed by atoms with Gasteiger partial charge in [0.05, 0.1) is 25.6 Å². The van der Waals surface area contributed by atoms with E-state index < -0.39 is 23.1 Å². The Morgan fingerprint density at radius 2 is 1.81 bits per heavy atom. The molecule has 4 rings (SSSR count). The second kappa shape index (κ2) is 7.79. The highest BCUT2D eigenvalue weighted by Gasteiger charge is 2.28. The van der Waals surface area contributed by atoms with E-state index in [1.807, 2.05) is 0 Å². The highest BCUT2D eigenvalue weighted by molar-refractivity contribution is 6.58. The van der Waals surface area contributed by atoms with E-state index in [4.69, 9.17) is 9.47 Å². The number of ether oxygens (including phenoxy) is 2. The number of esters is 1. The van der Waals surface area contributed by atoms with Crippen LogP contribution >= 0.6 is 0 Å². The quantitative estimate of drug-likeness (QED) is 0.624.